The average Bonchev–Trinajstić information content (AvgIpc) is 3.72. The first-order valence-corrected chi connectivity index (χ1v) is 20.8. The van der Waals surface area contributed by atoms with Gasteiger partial charge < -0.3 is 9.47 Å². The monoisotopic (exact) mass is 734 g/mol. The number of nitrogens with zero attached hydrogens (tertiary/aromatic N) is 2. The molecule has 276 valence electrons. The lowest BCUT2D eigenvalue weighted by Gasteiger charge is -2.30. The van der Waals surface area contributed by atoms with Crippen molar-refractivity contribution in [2.75, 3.05) is 4.90 Å². The molecule has 2 aliphatic carbocycles. The van der Waals surface area contributed by atoms with Gasteiger partial charge in [0.15, 0.2) is 0 Å². The van der Waals surface area contributed by atoms with E-state index in [0.29, 0.717) is 5.92 Å². The summed E-state index contributed by atoms with van der Waals surface area (Å²) in [6.45, 7) is 4.73. The van der Waals surface area contributed by atoms with Gasteiger partial charge in [0.25, 0.3) is 0 Å². The van der Waals surface area contributed by atoms with Crippen molar-refractivity contribution in [2.45, 2.75) is 57.3 Å². The molecule has 0 amide bonds. The summed E-state index contributed by atoms with van der Waals surface area (Å²) in [7, 11) is 0. The fourth-order valence-corrected chi connectivity index (χ4v) is 10.2. The van der Waals surface area contributed by atoms with Gasteiger partial charge in [0, 0.05) is 38.8 Å². The lowest BCUT2D eigenvalue weighted by Crippen LogP contribution is -2.15. The third-order valence-electron chi connectivity index (χ3n) is 13.2. The summed E-state index contributed by atoms with van der Waals surface area (Å²) in [6, 6.07) is 66.1. The van der Waals surface area contributed by atoms with E-state index in [1.54, 1.807) is 0 Å². The molecule has 0 atom stereocenters. The van der Waals surface area contributed by atoms with E-state index in [1.807, 2.05) is 0 Å². The van der Waals surface area contributed by atoms with Crippen molar-refractivity contribution in [2.24, 2.45) is 0 Å². The SMILES string of the molecule is CC1(C)c2ccccc2-c2cc(N(c3ccc(C4CCCCC4)cc3)c3cc4ccccc4cc3-c3ccc4c5ccccc5n(-c5ccccc5)c4c3)ccc21. The number of fused-ring (bicyclic) bond motifs is 7. The summed E-state index contributed by atoms with van der Waals surface area (Å²) in [6.07, 6.45) is 6.61. The molecule has 57 heavy (non-hydrogen) atoms. The van der Waals surface area contributed by atoms with Gasteiger partial charge in [-0.05, 0) is 124 Å². The number of para-hydroxylation sites is 2. The van der Waals surface area contributed by atoms with Gasteiger partial charge >= 0.3 is 0 Å². The van der Waals surface area contributed by atoms with Crippen LogP contribution in [-0.2, 0) is 5.41 Å². The maximum absolute atomic E-state index is 2.53. The zero-order valence-corrected chi connectivity index (χ0v) is 32.8. The fraction of sp³-hybridized carbons (Fsp3) is 0.164. The molecule has 2 heteroatoms. The van der Waals surface area contributed by atoms with Crippen LogP contribution in [0.25, 0.3) is 60.5 Å². The Labute approximate surface area is 335 Å². The van der Waals surface area contributed by atoms with Gasteiger partial charge in [-0.15, -0.1) is 0 Å². The summed E-state index contributed by atoms with van der Waals surface area (Å²) >= 11 is 0. The summed E-state index contributed by atoms with van der Waals surface area (Å²) in [5.41, 5.74) is 16.4. The maximum Gasteiger partial charge on any atom is 0.0547 e. The molecule has 1 aromatic heterocycles. The molecule has 2 nitrogen and oxygen atoms in total. The highest BCUT2D eigenvalue weighted by Crippen LogP contribution is 2.52. The molecule has 1 heterocycles. The molecule has 0 saturated heterocycles. The summed E-state index contributed by atoms with van der Waals surface area (Å²) in [5, 5.41) is 4.99. The molecule has 0 spiro atoms. The number of hydrogen-bond acceptors (Lipinski definition) is 1. The normalized spacial score (nSPS) is 14.9. The molecule has 11 rings (SSSR count). The van der Waals surface area contributed by atoms with Gasteiger partial charge in [-0.2, -0.15) is 0 Å². The molecular formula is C55H46N2. The Morgan fingerprint density at radius 2 is 1.16 bits per heavy atom. The van der Waals surface area contributed by atoms with Crippen LogP contribution in [0.4, 0.5) is 17.1 Å². The van der Waals surface area contributed by atoms with Crippen molar-refractivity contribution in [3.05, 3.63) is 193 Å². The Morgan fingerprint density at radius 3 is 1.98 bits per heavy atom. The van der Waals surface area contributed by atoms with Crippen molar-refractivity contribution in [1.29, 1.82) is 0 Å². The molecule has 0 aliphatic heterocycles. The molecule has 2 aliphatic rings. The molecule has 0 radical (unpaired) electrons. The third-order valence-corrected chi connectivity index (χ3v) is 13.2. The van der Waals surface area contributed by atoms with Crippen LogP contribution in [0.5, 0.6) is 0 Å². The Balaban J connectivity index is 1.16. The van der Waals surface area contributed by atoms with Crippen molar-refractivity contribution >= 4 is 49.6 Å². The van der Waals surface area contributed by atoms with E-state index in [2.05, 4.69) is 199 Å². The van der Waals surface area contributed by atoms with Gasteiger partial charge in [0.2, 0.25) is 0 Å². The quantitative estimate of drug-likeness (QED) is 0.165. The maximum atomic E-state index is 2.53. The van der Waals surface area contributed by atoms with Crippen LogP contribution in [0.15, 0.2) is 176 Å². The van der Waals surface area contributed by atoms with Crippen molar-refractivity contribution in [3.63, 3.8) is 0 Å². The number of hydrogen-bond donors (Lipinski definition) is 0. The minimum Gasteiger partial charge on any atom is -0.310 e. The topological polar surface area (TPSA) is 8.17 Å². The number of rotatable bonds is 6. The fourth-order valence-electron chi connectivity index (χ4n) is 10.2. The Kier molecular flexibility index (Phi) is 7.96. The first kappa shape index (κ1) is 33.9. The zero-order valence-electron chi connectivity index (χ0n) is 32.8. The van der Waals surface area contributed by atoms with E-state index >= 15 is 0 Å². The zero-order chi connectivity index (χ0) is 38.1. The third kappa shape index (κ3) is 5.53. The van der Waals surface area contributed by atoms with Crippen LogP contribution >= 0.6 is 0 Å². The number of benzene rings is 8. The largest absolute Gasteiger partial charge is 0.310 e. The van der Waals surface area contributed by atoms with Gasteiger partial charge in [-0.25, -0.2) is 0 Å². The second kappa shape index (κ2) is 13.4. The highest BCUT2D eigenvalue weighted by atomic mass is 15.1. The smallest absolute Gasteiger partial charge is 0.0547 e. The number of aromatic nitrogens is 1. The highest BCUT2D eigenvalue weighted by Gasteiger charge is 2.35. The van der Waals surface area contributed by atoms with Crippen LogP contribution < -0.4 is 4.90 Å². The average molecular weight is 735 g/mol. The molecule has 9 aromatic rings. The molecule has 0 unspecified atom stereocenters. The van der Waals surface area contributed by atoms with Crippen LogP contribution in [0.1, 0.15) is 68.6 Å². The van der Waals surface area contributed by atoms with E-state index in [0.717, 1.165) is 0 Å². The van der Waals surface area contributed by atoms with E-state index in [1.165, 1.54) is 126 Å². The van der Waals surface area contributed by atoms with Crippen molar-refractivity contribution < 1.29 is 0 Å². The predicted molar refractivity (Wildman–Crippen MR) is 242 cm³/mol. The molecule has 0 bridgehead atoms. The van der Waals surface area contributed by atoms with E-state index in [9.17, 15) is 0 Å². The Bertz CT molecular complexity index is 2960. The lowest BCUT2D eigenvalue weighted by molar-refractivity contribution is 0.443. The molecule has 1 saturated carbocycles. The molecule has 8 aromatic carbocycles. The minimum atomic E-state index is -0.0579. The summed E-state index contributed by atoms with van der Waals surface area (Å²) in [4.78, 5) is 2.53. The van der Waals surface area contributed by atoms with Crippen LogP contribution in [0.3, 0.4) is 0 Å². The van der Waals surface area contributed by atoms with E-state index in [4.69, 9.17) is 0 Å². The van der Waals surface area contributed by atoms with E-state index < -0.39 is 0 Å². The van der Waals surface area contributed by atoms with Gasteiger partial charge in [-0.3, -0.25) is 0 Å². The minimum absolute atomic E-state index is 0.0579. The van der Waals surface area contributed by atoms with Crippen LogP contribution in [0, 0.1) is 0 Å². The Morgan fingerprint density at radius 1 is 0.491 bits per heavy atom. The lowest BCUT2D eigenvalue weighted by atomic mass is 9.82. The number of anilines is 3. The first-order valence-electron chi connectivity index (χ1n) is 20.8. The predicted octanol–water partition coefficient (Wildman–Crippen LogP) is 15.4. The van der Waals surface area contributed by atoms with Crippen LogP contribution in [0.2, 0.25) is 0 Å². The standard InChI is InChI=1S/C55H46N2/c1-55(2)50-23-13-11-21-45(50)49-36-44(30-32-51(49)55)56(43-28-25-38(26-29-43)37-15-5-3-6-16-37)54-34-40-18-10-9-17-39(40)33-48(54)41-27-31-47-46-22-12-14-24-52(46)57(53(47)35-41)42-19-7-4-8-20-42/h4,7-14,17-37H,3,5-6,15-16H2,1-2H3. The van der Waals surface area contributed by atoms with Gasteiger partial charge in [0.05, 0.1) is 16.7 Å². The molecule has 1 fully saturated rings. The molecular weight excluding hydrogens is 689 g/mol. The van der Waals surface area contributed by atoms with Crippen LogP contribution in [-0.4, -0.2) is 4.57 Å². The Hall–Kier alpha value is -6.38. The second-order valence-corrected chi connectivity index (χ2v) is 16.8. The summed E-state index contributed by atoms with van der Waals surface area (Å²) < 4.78 is 2.43. The van der Waals surface area contributed by atoms with Crippen molar-refractivity contribution in [3.8, 4) is 27.9 Å². The summed E-state index contributed by atoms with van der Waals surface area (Å²) in [5.74, 6) is 0.652. The van der Waals surface area contributed by atoms with Gasteiger partial charge in [0.1, 0.15) is 0 Å². The van der Waals surface area contributed by atoms with E-state index in [-0.39, 0.29) is 5.41 Å². The van der Waals surface area contributed by atoms with Gasteiger partial charge in [-0.1, -0.05) is 148 Å². The first-order chi connectivity index (χ1) is 28.0. The van der Waals surface area contributed by atoms with Crippen molar-refractivity contribution in [1.82, 2.24) is 4.57 Å². The highest BCUT2D eigenvalue weighted by molar-refractivity contribution is 6.11. The molecule has 0 N–H and O–H groups in total. The second-order valence-electron chi connectivity index (χ2n) is 16.8.